The van der Waals surface area contributed by atoms with Crippen LogP contribution >= 0.6 is 15.9 Å². The molecule has 9 nitrogen and oxygen atoms in total. The van der Waals surface area contributed by atoms with Crippen molar-refractivity contribution in [1.29, 1.82) is 0 Å². The lowest BCUT2D eigenvalue weighted by molar-refractivity contribution is -0.141. The van der Waals surface area contributed by atoms with E-state index in [4.69, 9.17) is 9.47 Å². The van der Waals surface area contributed by atoms with Gasteiger partial charge in [0.1, 0.15) is 19.3 Å². The van der Waals surface area contributed by atoms with Crippen molar-refractivity contribution in [2.75, 3.05) is 30.3 Å². The summed E-state index contributed by atoms with van der Waals surface area (Å²) in [5, 5.41) is 3.22. The van der Waals surface area contributed by atoms with Crippen molar-refractivity contribution in [3.63, 3.8) is 0 Å². The van der Waals surface area contributed by atoms with Gasteiger partial charge in [-0.2, -0.15) is 0 Å². The van der Waals surface area contributed by atoms with E-state index in [1.165, 1.54) is 4.31 Å². The van der Waals surface area contributed by atoms with Gasteiger partial charge in [-0.25, -0.2) is 8.42 Å². The van der Waals surface area contributed by atoms with Crippen LogP contribution in [0.25, 0.3) is 0 Å². The van der Waals surface area contributed by atoms with Crippen molar-refractivity contribution >= 4 is 43.5 Å². The highest BCUT2D eigenvalue weighted by Gasteiger charge is 2.32. The molecule has 3 aromatic carbocycles. The van der Waals surface area contributed by atoms with E-state index in [-0.39, 0.29) is 43.8 Å². The maximum atomic E-state index is 14.1. The first-order valence-electron chi connectivity index (χ1n) is 15.4. The molecule has 5 rings (SSSR count). The maximum absolute atomic E-state index is 14.1. The molecule has 0 radical (unpaired) electrons. The molecule has 2 aliphatic rings. The number of carbonyl (C=O) groups excluding carboxylic acids is 2. The lowest BCUT2D eigenvalue weighted by atomic mass is 10.0. The van der Waals surface area contributed by atoms with E-state index in [9.17, 15) is 18.0 Å². The minimum Gasteiger partial charge on any atom is -0.486 e. The number of halogens is 1. The summed E-state index contributed by atoms with van der Waals surface area (Å²) < 4.78 is 39.1. The number of sulfonamides is 1. The summed E-state index contributed by atoms with van der Waals surface area (Å²) in [6, 6.07) is 21.8. The molecular formula is C34H40BrN3O6S. The minimum atomic E-state index is -3.66. The average molecular weight is 699 g/mol. The van der Waals surface area contributed by atoms with Crippen molar-refractivity contribution in [2.24, 2.45) is 0 Å². The summed E-state index contributed by atoms with van der Waals surface area (Å²) in [6.45, 7) is 1.15. The predicted molar refractivity (Wildman–Crippen MR) is 178 cm³/mol. The Kier molecular flexibility index (Phi) is 11.0. The van der Waals surface area contributed by atoms with Crippen LogP contribution in [-0.2, 0) is 32.6 Å². The number of ether oxygens (including phenoxy) is 2. The van der Waals surface area contributed by atoms with Crippen LogP contribution in [0, 0.1) is 0 Å². The third kappa shape index (κ3) is 9.00. The first kappa shape index (κ1) is 32.8. The summed E-state index contributed by atoms with van der Waals surface area (Å²) in [4.78, 5) is 29.7. The molecule has 11 heteroatoms. The molecule has 1 aliphatic heterocycles. The normalized spacial score (nSPS) is 15.3. The Morgan fingerprint density at radius 2 is 1.64 bits per heavy atom. The SMILES string of the molecule is CS(=O)(=O)N(CCCC(=O)N(Cc1cccc(Br)c1)[C@H](Cc1ccccc1)C(=O)NC1CCCC1)c1ccc2c(c1)OCCO2. The van der Waals surface area contributed by atoms with Gasteiger partial charge in [0, 0.05) is 42.5 Å². The number of amides is 2. The van der Waals surface area contributed by atoms with Gasteiger partial charge in [0.15, 0.2) is 11.5 Å². The van der Waals surface area contributed by atoms with Gasteiger partial charge in [-0.1, -0.05) is 71.2 Å². The van der Waals surface area contributed by atoms with Gasteiger partial charge in [0.25, 0.3) is 0 Å². The largest absolute Gasteiger partial charge is 0.486 e. The molecule has 0 aromatic heterocycles. The van der Waals surface area contributed by atoms with E-state index in [1.54, 1.807) is 23.1 Å². The topological polar surface area (TPSA) is 105 Å². The molecule has 1 aliphatic carbocycles. The minimum absolute atomic E-state index is 0.0621. The second-order valence-corrected chi connectivity index (χ2v) is 14.4. The van der Waals surface area contributed by atoms with Gasteiger partial charge in [-0.05, 0) is 54.7 Å². The van der Waals surface area contributed by atoms with Crippen molar-refractivity contribution in [2.45, 2.75) is 63.6 Å². The van der Waals surface area contributed by atoms with E-state index in [2.05, 4.69) is 21.2 Å². The fourth-order valence-corrected chi connectivity index (χ4v) is 7.35. The van der Waals surface area contributed by atoms with Crippen LogP contribution in [0.2, 0.25) is 0 Å². The molecule has 1 N–H and O–H groups in total. The van der Waals surface area contributed by atoms with Crippen molar-refractivity contribution in [1.82, 2.24) is 10.2 Å². The number of carbonyl (C=O) groups is 2. The quantitative estimate of drug-likeness (QED) is 0.254. The molecule has 3 aromatic rings. The molecule has 2 amide bonds. The second-order valence-electron chi connectivity index (χ2n) is 11.6. The number of nitrogens with zero attached hydrogens (tertiary/aromatic N) is 2. The van der Waals surface area contributed by atoms with Crippen molar-refractivity contribution in [3.05, 3.63) is 88.4 Å². The summed E-state index contributed by atoms with van der Waals surface area (Å²) >= 11 is 3.53. The number of hydrogen-bond donors (Lipinski definition) is 1. The molecule has 0 bridgehead atoms. The smallest absolute Gasteiger partial charge is 0.243 e. The van der Waals surface area contributed by atoms with Crippen LogP contribution in [0.3, 0.4) is 0 Å². The lowest BCUT2D eigenvalue weighted by Gasteiger charge is -2.33. The molecule has 0 saturated heterocycles. The zero-order chi connectivity index (χ0) is 31.8. The van der Waals surface area contributed by atoms with Crippen LogP contribution < -0.4 is 19.1 Å². The molecule has 45 heavy (non-hydrogen) atoms. The number of fused-ring (bicyclic) bond motifs is 1. The highest BCUT2D eigenvalue weighted by atomic mass is 79.9. The average Bonchev–Trinajstić information content (AvgIpc) is 3.53. The van der Waals surface area contributed by atoms with E-state index in [1.807, 2.05) is 54.6 Å². The third-order valence-corrected chi connectivity index (χ3v) is 9.87. The zero-order valence-corrected chi connectivity index (χ0v) is 27.9. The first-order chi connectivity index (χ1) is 21.7. The molecule has 1 saturated carbocycles. The number of benzene rings is 3. The van der Waals surface area contributed by atoms with Gasteiger partial charge in [-0.3, -0.25) is 13.9 Å². The molecule has 240 valence electrons. The zero-order valence-electron chi connectivity index (χ0n) is 25.5. The van der Waals surface area contributed by atoms with Gasteiger partial charge >= 0.3 is 0 Å². The molecule has 1 heterocycles. The fraction of sp³-hybridized carbons (Fsp3) is 0.412. The van der Waals surface area contributed by atoms with Crippen LogP contribution in [0.4, 0.5) is 5.69 Å². The number of hydrogen-bond acceptors (Lipinski definition) is 6. The van der Waals surface area contributed by atoms with Crippen molar-refractivity contribution in [3.8, 4) is 11.5 Å². The summed E-state index contributed by atoms with van der Waals surface area (Å²) in [5.74, 6) is 0.675. The van der Waals surface area contributed by atoms with E-state index in [0.717, 1.165) is 47.5 Å². The second kappa shape index (κ2) is 15.1. The van der Waals surface area contributed by atoms with Crippen molar-refractivity contribution < 1.29 is 27.5 Å². The highest BCUT2D eigenvalue weighted by Crippen LogP contribution is 2.35. The summed E-state index contributed by atoms with van der Waals surface area (Å²) in [6.07, 6.45) is 5.87. The first-order valence-corrected chi connectivity index (χ1v) is 18.1. The van der Waals surface area contributed by atoms with Crippen LogP contribution in [0.5, 0.6) is 11.5 Å². The van der Waals surface area contributed by atoms with E-state index >= 15 is 0 Å². The highest BCUT2D eigenvalue weighted by molar-refractivity contribution is 9.10. The molecule has 0 spiro atoms. The summed E-state index contributed by atoms with van der Waals surface area (Å²) in [7, 11) is -3.66. The molecule has 1 atom stereocenters. The Balaban J connectivity index is 1.37. The number of nitrogens with one attached hydrogen (secondary N) is 1. The van der Waals surface area contributed by atoms with E-state index < -0.39 is 16.1 Å². The van der Waals surface area contributed by atoms with Crippen LogP contribution in [-0.4, -0.2) is 63.2 Å². The van der Waals surface area contributed by atoms with Crippen LogP contribution in [0.15, 0.2) is 77.3 Å². The van der Waals surface area contributed by atoms with Gasteiger partial charge in [-0.15, -0.1) is 0 Å². The Morgan fingerprint density at radius 3 is 2.36 bits per heavy atom. The standard InChI is InChI=1S/C34H40BrN3O6S/c1-45(41,42)38(29-16-17-31-32(23-29)44-20-19-43-31)18-8-15-33(39)37(24-26-11-7-12-27(35)21-26)30(22-25-9-3-2-4-10-25)34(40)36-28-13-5-6-14-28/h2-4,7,9-12,16-17,21,23,28,30H,5-6,8,13-15,18-20,22,24H2,1H3,(H,36,40)/t30-/m1/s1. The predicted octanol–water partition coefficient (Wildman–Crippen LogP) is 5.47. The lowest BCUT2D eigenvalue weighted by Crippen LogP contribution is -2.52. The number of rotatable bonds is 13. The Labute approximate surface area is 274 Å². The van der Waals surface area contributed by atoms with Gasteiger partial charge in [0.2, 0.25) is 21.8 Å². The fourth-order valence-electron chi connectivity index (χ4n) is 5.94. The Hall–Kier alpha value is -3.57. The number of anilines is 1. The summed E-state index contributed by atoms with van der Waals surface area (Å²) in [5.41, 5.74) is 2.29. The van der Waals surface area contributed by atoms with Gasteiger partial charge < -0.3 is 19.7 Å². The Bertz CT molecular complexity index is 1580. The van der Waals surface area contributed by atoms with Crippen LogP contribution in [0.1, 0.15) is 49.7 Å². The molecule has 1 fully saturated rings. The molecule has 0 unspecified atom stereocenters. The van der Waals surface area contributed by atoms with E-state index in [0.29, 0.717) is 36.8 Å². The molecular weight excluding hydrogens is 658 g/mol. The van der Waals surface area contributed by atoms with Gasteiger partial charge in [0.05, 0.1) is 11.9 Å². The Morgan fingerprint density at radius 1 is 0.933 bits per heavy atom. The third-order valence-electron chi connectivity index (χ3n) is 8.18. The maximum Gasteiger partial charge on any atom is 0.243 e. The monoisotopic (exact) mass is 697 g/mol.